The van der Waals surface area contributed by atoms with Crippen molar-refractivity contribution in [2.75, 3.05) is 5.75 Å². The molecule has 0 fully saturated rings. The van der Waals surface area contributed by atoms with Crippen LogP contribution in [0.25, 0.3) is 0 Å². The Morgan fingerprint density at radius 3 is 2.11 bits per heavy atom. The summed E-state index contributed by atoms with van der Waals surface area (Å²) in [6, 6.07) is 6.44. The van der Waals surface area contributed by atoms with Crippen LogP contribution in [-0.4, -0.2) is 30.0 Å². The third kappa shape index (κ3) is 3.09. The van der Waals surface area contributed by atoms with Crippen molar-refractivity contribution in [3.05, 3.63) is 35.9 Å². The zero-order valence-corrected chi connectivity index (χ0v) is 11.2. The summed E-state index contributed by atoms with van der Waals surface area (Å²) in [5.74, 6) is -6.83. The van der Waals surface area contributed by atoms with E-state index in [1.165, 1.54) is 18.2 Å². The molecule has 1 aromatic carbocycles. The molecule has 0 atom stereocenters. The molecule has 0 saturated carbocycles. The van der Waals surface area contributed by atoms with E-state index in [9.17, 15) is 22.0 Å². The molecule has 0 aliphatic rings. The number of carbonyl (C=O) groups is 1. The molecule has 1 aromatic rings. The van der Waals surface area contributed by atoms with E-state index >= 15 is 0 Å². The third-order valence-electron chi connectivity index (χ3n) is 2.86. The lowest BCUT2D eigenvalue weighted by atomic mass is 10.1. The van der Waals surface area contributed by atoms with Crippen molar-refractivity contribution in [1.29, 1.82) is 0 Å². The first-order valence-corrected chi connectivity index (χ1v) is 7.05. The molecule has 19 heavy (non-hydrogen) atoms. The predicted molar refractivity (Wildman–Crippen MR) is 65.8 cm³/mol. The van der Waals surface area contributed by atoms with E-state index in [-0.39, 0.29) is 0 Å². The summed E-state index contributed by atoms with van der Waals surface area (Å²) in [5.41, 5.74) is -0.459. The van der Waals surface area contributed by atoms with Crippen LogP contribution >= 0.6 is 0 Å². The van der Waals surface area contributed by atoms with E-state index in [0.717, 1.165) is 26.0 Å². The van der Waals surface area contributed by atoms with Gasteiger partial charge in [-0.1, -0.05) is 30.3 Å². The number of carboxylic acid groups (broad SMARTS) is 1. The number of aliphatic carboxylic acids is 1. The SMILES string of the molecule is CC(C)(C(=O)O)S(=O)(=O)CC(F)(F)c1ccccc1. The molecule has 0 heterocycles. The molecule has 0 unspecified atom stereocenters. The van der Waals surface area contributed by atoms with Crippen LogP contribution in [0.1, 0.15) is 19.4 Å². The highest BCUT2D eigenvalue weighted by Gasteiger charge is 2.48. The number of benzene rings is 1. The smallest absolute Gasteiger partial charge is 0.324 e. The van der Waals surface area contributed by atoms with Gasteiger partial charge >= 0.3 is 5.97 Å². The maximum Gasteiger partial charge on any atom is 0.324 e. The zero-order chi connectivity index (χ0) is 14.9. The molecule has 0 saturated heterocycles. The average Bonchev–Trinajstić information content (AvgIpc) is 2.28. The Labute approximate surface area is 110 Å². The zero-order valence-electron chi connectivity index (χ0n) is 10.4. The summed E-state index contributed by atoms with van der Waals surface area (Å²) >= 11 is 0. The van der Waals surface area contributed by atoms with Gasteiger partial charge in [-0.05, 0) is 13.8 Å². The first-order valence-electron chi connectivity index (χ1n) is 5.40. The first kappa shape index (κ1) is 15.6. The number of carboxylic acids is 1. The van der Waals surface area contributed by atoms with Crippen LogP contribution < -0.4 is 0 Å². The molecule has 0 radical (unpaired) electrons. The minimum atomic E-state index is -4.51. The van der Waals surface area contributed by atoms with E-state index < -0.39 is 37.8 Å². The van der Waals surface area contributed by atoms with Crippen molar-refractivity contribution in [2.45, 2.75) is 24.5 Å². The van der Waals surface area contributed by atoms with Crippen LogP contribution in [0.15, 0.2) is 30.3 Å². The van der Waals surface area contributed by atoms with Gasteiger partial charge in [-0.15, -0.1) is 0 Å². The van der Waals surface area contributed by atoms with Gasteiger partial charge in [0.25, 0.3) is 5.92 Å². The Bertz CT molecular complexity index is 565. The van der Waals surface area contributed by atoms with Crippen LogP contribution in [0.3, 0.4) is 0 Å². The molecule has 106 valence electrons. The van der Waals surface area contributed by atoms with Crippen molar-refractivity contribution >= 4 is 15.8 Å². The highest BCUT2D eigenvalue weighted by molar-refractivity contribution is 7.93. The maximum absolute atomic E-state index is 13.9. The van der Waals surface area contributed by atoms with Crippen molar-refractivity contribution in [3.63, 3.8) is 0 Å². The second-order valence-electron chi connectivity index (χ2n) is 4.65. The molecule has 0 aliphatic carbocycles. The highest BCUT2D eigenvalue weighted by atomic mass is 32.2. The number of sulfone groups is 1. The maximum atomic E-state index is 13.9. The van der Waals surface area contributed by atoms with Crippen molar-refractivity contribution < 1.29 is 27.1 Å². The number of alkyl halides is 2. The number of hydrogen-bond donors (Lipinski definition) is 1. The van der Waals surface area contributed by atoms with E-state index in [2.05, 4.69) is 0 Å². The fourth-order valence-electron chi connectivity index (χ4n) is 1.32. The minimum Gasteiger partial charge on any atom is -0.480 e. The van der Waals surface area contributed by atoms with Gasteiger partial charge in [0.2, 0.25) is 0 Å². The standard InChI is InChI=1S/C12H14F2O4S/c1-11(2,10(15)16)19(17,18)8-12(13,14)9-6-4-3-5-7-9/h3-7H,8H2,1-2H3,(H,15,16). The fourth-order valence-corrected chi connectivity index (χ4v) is 2.59. The van der Waals surface area contributed by atoms with Crippen LogP contribution in [0.2, 0.25) is 0 Å². The lowest BCUT2D eigenvalue weighted by Gasteiger charge is -2.24. The molecule has 7 heteroatoms. The van der Waals surface area contributed by atoms with E-state index in [1.54, 1.807) is 0 Å². The quantitative estimate of drug-likeness (QED) is 0.901. The lowest BCUT2D eigenvalue weighted by Crippen LogP contribution is -2.45. The van der Waals surface area contributed by atoms with Gasteiger partial charge in [0.1, 0.15) is 5.75 Å². The largest absolute Gasteiger partial charge is 0.480 e. The van der Waals surface area contributed by atoms with Crippen LogP contribution in [0.4, 0.5) is 8.78 Å². The Morgan fingerprint density at radius 2 is 1.68 bits per heavy atom. The van der Waals surface area contributed by atoms with Crippen LogP contribution in [-0.2, 0) is 20.6 Å². The lowest BCUT2D eigenvalue weighted by molar-refractivity contribution is -0.139. The molecular weight excluding hydrogens is 278 g/mol. The van der Waals surface area contributed by atoms with Crippen LogP contribution in [0.5, 0.6) is 0 Å². The third-order valence-corrected chi connectivity index (χ3v) is 5.33. The normalized spacial score (nSPS) is 13.3. The van der Waals surface area contributed by atoms with Gasteiger partial charge in [0, 0.05) is 5.56 Å². The fraction of sp³-hybridized carbons (Fsp3) is 0.417. The Balaban J connectivity index is 3.12. The summed E-state index contributed by atoms with van der Waals surface area (Å²) in [5, 5.41) is 8.82. The minimum absolute atomic E-state index is 0.459. The monoisotopic (exact) mass is 292 g/mol. The average molecular weight is 292 g/mol. The van der Waals surface area contributed by atoms with Crippen molar-refractivity contribution in [2.24, 2.45) is 0 Å². The molecule has 0 bridgehead atoms. The highest BCUT2D eigenvalue weighted by Crippen LogP contribution is 2.33. The second kappa shape index (κ2) is 4.88. The van der Waals surface area contributed by atoms with Gasteiger partial charge in [0.15, 0.2) is 14.6 Å². The number of rotatable bonds is 5. The summed E-state index contributed by atoms with van der Waals surface area (Å²) in [6.07, 6.45) is 0. The molecule has 0 amide bonds. The topological polar surface area (TPSA) is 71.4 Å². The summed E-state index contributed by atoms with van der Waals surface area (Å²) in [6.45, 7) is 1.79. The van der Waals surface area contributed by atoms with Gasteiger partial charge in [-0.2, -0.15) is 0 Å². The number of halogens is 2. The summed E-state index contributed by atoms with van der Waals surface area (Å²) in [7, 11) is -4.51. The molecule has 0 spiro atoms. The van der Waals surface area contributed by atoms with Gasteiger partial charge < -0.3 is 5.11 Å². The van der Waals surface area contributed by atoms with Crippen LogP contribution in [0, 0.1) is 0 Å². The Hall–Kier alpha value is -1.50. The Kier molecular flexibility index (Phi) is 4.00. The van der Waals surface area contributed by atoms with Crippen molar-refractivity contribution in [1.82, 2.24) is 0 Å². The van der Waals surface area contributed by atoms with E-state index in [4.69, 9.17) is 5.11 Å². The summed E-state index contributed by atoms with van der Waals surface area (Å²) in [4.78, 5) is 10.9. The Morgan fingerprint density at radius 1 is 1.21 bits per heavy atom. The van der Waals surface area contributed by atoms with Gasteiger partial charge in [-0.25, -0.2) is 17.2 Å². The molecule has 1 N–H and O–H groups in total. The number of hydrogen-bond acceptors (Lipinski definition) is 3. The van der Waals surface area contributed by atoms with Gasteiger partial charge in [0.05, 0.1) is 0 Å². The van der Waals surface area contributed by atoms with E-state index in [0.29, 0.717) is 0 Å². The molecular formula is C12H14F2O4S. The molecule has 0 aliphatic heterocycles. The first-order chi connectivity index (χ1) is 8.51. The van der Waals surface area contributed by atoms with Gasteiger partial charge in [-0.3, -0.25) is 4.79 Å². The predicted octanol–water partition coefficient (Wildman–Crippen LogP) is 2.06. The second-order valence-corrected chi connectivity index (χ2v) is 7.18. The molecule has 0 aromatic heterocycles. The summed E-state index contributed by atoms with van der Waals surface area (Å²) < 4.78 is 49.1. The molecule has 1 rings (SSSR count). The van der Waals surface area contributed by atoms with E-state index in [1.807, 2.05) is 0 Å². The molecule has 4 nitrogen and oxygen atoms in total. The van der Waals surface area contributed by atoms with Crippen molar-refractivity contribution in [3.8, 4) is 0 Å².